The van der Waals surface area contributed by atoms with Crippen LogP contribution in [-0.2, 0) is 0 Å². The number of hydrogen-bond acceptors (Lipinski definition) is 5. The van der Waals surface area contributed by atoms with Gasteiger partial charge in [0.15, 0.2) is 0 Å². The number of nitrogens with one attached hydrogen (secondary N) is 2. The van der Waals surface area contributed by atoms with E-state index in [1.807, 2.05) is 30.3 Å². The molecule has 0 bridgehead atoms. The first kappa shape index (κ1) is 14.9. The molecule has 0 aliphatic rings. The number of unbranched alkanes of at least 4 members (excludes halogenated alkanes) is 1. The molecule has 1 heterocycles. The van der Waals surface area contributed by atoms with E-state index in [9.17, 15) is 4.79 Å². The van der Waals surface area contributed by atoms with Crippen LogP contribution in [0.4, 0.5) is 5.95 Å². The van der Waals surface area contributed by atoms with E-state index >= 15 is 0 Å². The predicted molar refractivity (Wildman–Crippen MR) is 83.5 cm³/mol. The maximum Gasteiger partial charge on any atom is 0.274 e. The number of aromatic nitrogens is 3. The number of benzene rings is 1. The predicted octanol–water partition coefficient (Wildman–Crippen LogP) is 2.48. The molecule has 6 nitrogen and oxygen atoms in total. The average Bonchev–Trinajstić information content (AvgIpc) is 2.51. The van der Waals surface area contributed by atoms with Crippen LogP contribution in [-0.4, -0.2) is 20.9 Å². The Bertz CT molecular complexity index is 663. The third-order valence-corrected chi connectivity index (χ3v) is 3.03. The summed E-state index contributed by atoms with van der Waals surface area (Å²) in [6.45, 7) is 3.74. The van der Waals surface area contributed by atoms with Gasteiger partial charge in [0.2, 0.25) is 5.95 Å². The van der Waals surface area contributed by atoms with E-state index in [1.54, 1.807) is 6.92 Å². The molecule has 0 radical (unpaired) electrons. The van der Waals surface area contributed by atoms with Gasteiger partial charge in [0.05, 0.1) is 5.71 Å². The first-order valence-corrected chi connectivity index (χ1v) is 7.02. The van der Waals surface area contributed by atoms with E-state index in [2.05, 4.69) is 32.6 Å². The van der Waals surface area contributed by atoms with Gasteiger partial charge in [-0.1, -0.05) is 43.7 Å². The Morgan fingerprint density at radius 3 is 2.71 bits per heavy atom. The summed E-state index contributed by atoms with van der Waals surface area (Å²) in [6.07, 6.45) is 3.00. The molecular formula is C15H19N5O. The minimum atomic E-state index is -0.266. The van der Waals surface area contributed by atoms with Crippen molar-refractivity contribution in [1.82, 2.24) is 15.2 Å². The first-order valence-electron chi connectivity index (χ1n) is 7.02. The van der Waals surface area contributed by atoms with Gasteiger partial charge >= 0.3 is 0 Å². The second kappa shape index (κ2) is 7.33. The zero-order chi connectivity index (χ0) is 15.1. The fourth-order valence-corrected chi connectivity index (χ4v) is 1.80. The Morgan fingerprint density at radius 1 is 1.29 bits per heavy atom. The summed E-state index contributed by atoms with van der Waals surface area (Å²) in [5.41, 5.74) is 4.83. The number of aryl methyl sites for hydroxylation is 1. The topological polar surface area (TPSA) is 83.0 Å². The highest BCUT2D eigenvalue weighted by atomic mass is 16.1. The molecule has 0 unspecified atom stereocenters. The number of aromatic amines is 1. The molecule has 1 aromatic carbocycles. The molecule has 0 spiro atoms. The molecule has 0 atom stereocenters. The van der Waals surface area contributed by atoms with Crippen molar-refractivity contribution in [2.24, 2.45) is 5.10 Å². The average molecular weight is 285 g/mol. The first-order chi connectivity index (χ1) is 10.2. The van der Waals surface area contributed by atoms with E-state index in [0.717, 1.165) is 30.5 Å². The number of H-pyrrole nitrogens is 1. The fraction of sp³-hybridized carbons (Fsp3) is 0.333. The molecule has 21 heavy (non-hydrogen) atoms. The maximum absolute atomic E-state index is 11.5. The lowest BCUT2D eigenvalue weighted by Gasteiger charge is -2.07. The second-order valence-electron chi connectivity index (χ2n) is 4.73. The van der Waals surface area contributed by atoms with Gasteiger partial charge in [-0.15, -0.1) is 10.2 Å². The standard InChI is InChI=1S/C15H19N5O/c1-3-4-10-13(12-8-6-5-7-9-12)18-20-15-16-14(21)11(2)17-19-15/h5-9H,3-4,10H2,1-2H3,(H2,16,19,20,21). The number of nitrogens with zero attached hydrogens (tertiary/aromatic N) is 3. The van der Waals surface area contributed by atoms with Crippen LogP contribution in [0.15, 0.2) is 40.2 Å². The molecule has 2 aromatic rings. The molecule has 0 fully saturated rings. The molecule has 110 valence electrons. The van der Waals surface area contributed by atoms with Crippen molar-refractivity contribution in [1.29, 1.82) is 0 Å². The Labute approximate surface area is 123 Å². The summed E-state index contributed by atoms with van der Waals surface area (Å²) < 4.78 is 0. The highest BCUT2D eigenvalue weighted by molar-refractivity contribution is 6.00. The molecule has 2 rings (SSSR count). The molecule has 1 aromatic heterocycles. The molecule has 0 aliphatic heterocycles. The fourth-order valence-electron chi connectivity index (χ4n) is 1.80. The number of hydrogen-bond donors (Lipinski definition) is 2. The van der Waals surface area contributed by atoms with Crippen molar-refractivity contribution >= 4 is 11.7 Å². The van der Waals surface area contributed by atoms with Gasteiger partial charge in [0.25, 0.3) is 5.56 Å². The maximum atomic E-state index is 11.5. The van der Waals surface area contributed by atoms with Crippen LogP contribution in [0.25, 0.3) is 0 Å². The van der Waals surface area contributed by atoms with Crippen LogP contribution >= 0.6 is 0 Å². The van der Waals surface area contributed by atoms with Crippen LogP contribution in [0, 0.1) is 6.92 Å². The van der Waals surface area contributed by atoms with Crippen molar-refractivity contribution in [3.63, 3.8) is 0 Å². The van der Waals surface area contributed by atoms with Gasteiger partial charge in [0.1, 0.15) is 5.69 Å². The normalized spacial score (nSPS) is 11.4. The van der Waals surface area contributed by atoms with Crippen molar-refractivity contribution < 1.29 is 0 Å². The summed E-state index contributed by atoms with van der Waals surface area (Å²) in [7, 11) is 0. The van der Waals surface area contributed by atoms with Gasteiger partial charge in [-0.25, -0.2) is 5.43 Å². The van der Waals surface area contributed by atoms with E-state index in [0.29, 0.717) is 5.69 Å². The van der Waals surface area contributed by atoms with Crippen LogP contribution in [0.3, 0.4) is 0 Å². The summed E-state index contributed by atoms with van der Waals surface area (Å²) in [5, 5.41) is 12.0. The van der Waals surface area contributed by atoms with E-state index in [4.69, 9.17) is 0 Å². The molecule has 0 saturated heterocycles. The zero-order valence-corrected chi connectivity index (χ0v) is 12.3. The highest BCUT2D eigenvalue weighted by Crippen LogP contribution is 2.08. The van der Waals surface area contributed by atoms with Gasteiger partial charge in [-0.05, 0) is 25.3 Å². The van der Waals surface area contributed by atoms with Crippen LogP contribution in [0.1, 0.15) is 37.4 Å². The zero-order valence-electron chi connectivity index (χ0n) is 12.3. The lowest BCUT2D eigenvalue weighted by atomic mass is 10.1. The lowest BCUT2D eigenvalue weighted by Crippen LogP contribution is -2.16. The summed E-state index contributed by atoms with van der Waals surface area (Å²) in [5.74, 6) is 0.246. The van der Waals surface area contributed by atoms with Gasteiger partial charge < -0.3 is 0 Å². The number of rotatable bonds is 6. The summed E-state index contributed by atoms with van der Waals surface area (Å²) >= 11 is 0. The second-order valence-corrected chi connectivity index (χ2v) is 4.73. The van der Waals surface area contributed by atoms with Crippen molar-refractivity contribution in [2.75, 3.05) is 5.43 Å². The molecule has 0 saturated carbocycles. The molecule has 0 amide bonds. The van der Waals surface area contributed by atoms with E-state index in [-0.39, 0.29) is 11.5 Å². The van der Waals surface area contributed by atoms with E-state index < -0.39 is 0 Å². The minimum absolute atomic E-state index is 0.246. The van der Waals surface area contributed by atoms with Gasteiger partial charge in [0, 0.05) is 0 Å². The number of anilines is 1. The van der Waals surface area contributed by atoms with Crippen molar-refractivity contribution in [3.8, 4) is 0 Å². The largest absolute Gasteiger partial charge is 0.288 e. The Hall–Kier alpha value is -2.50. The number of hydrazone groups is 1. The van der Waals surface area contributed by atoms with Gasteiger partial charge in [-0.2, -0.15) is 5.10 Å². The third kappa shape index (κ3) is 4.24. The van der Waals surface area contributed by atoms with Crippen molar-refractivity contribution in [3.05, 3.63) is 51.9 Å². The minimum Gasteiger partial charge on any atom is -0.288 e. The molecule has 2 N–H and O–H groups in total. The van der Waals surface area contributed by atoms with Crippen LogP contribution in [0.5, 0.6) is 0 Å². The monoisotopic (exact) mass is 285 g/mol. The van der Waals surface area contributed by atoms with Crippen LogP contribution < -0.4 is 11.0 Å². The Morgan fingerprint density at radius 2 is 2.05 bits per heavy atom. The quantitative estimate of drug-likeness (QED) is 0.631. The van der Waals surface area contributed by atoms with Crippen molar-refractivity contribution in [2.45, 2.75) is 33.1 Å². The van der Waals surface area contributed by atoms with Crippen LogP contribution in [0.2, 0.25) is 0 Å². The van der Waals surface area contributed by atoms with E-state index in [1.165, 1.54) is 0 Å². The lowest BCUT2D eigenvalue weighted by molar-refractivity contribution is 0.832. The Balaban J connectivity index is 2.20. The van der Waals surface area contributed by atoms with Gasteiger partial charge in [-0.3, -0.25) is 9.78 Å². The smallest absolute Gasteiger partial charge is 0.274 e. The molecular weight excluding hydrogens is 266 g/mol. The highest BCUT2D eigenvalue weighted by Gasteiger charge is 2.04. The summed E-state index contributed by atoms with van der Waals surface area (Å²) in [6, 6.07) is 9.95. The Kier molecular flexibility index (Phi) is 5.20. The SMILES string of the molecule is CCCCC(=NNc1nnc(C)c(=O)[nH]1)c1ccccc1. The molecule has 6 heteroatoms. The third-order valence-electron chi connectivity index (χ3n) is 3.03. The summed E-state index contributed by atoms with van der Waals surface area (Å²) in [4.78, 5) is 14.1. The molecule has 0 aliphatic carbocycles.